The zero-order valence-electron chi connectivity index (χ0n) is 12.4. The Morgan fingerprint density at radius 3 is 2.89 bits per heavy atom. The molecule has 1 aliphatic carbocycles. The van der Waals surface area contributed by atoms with Gasteiger partial charge in [0.05, 0.1) is 12.6 Å². The van der Waals surface area contributed by atoms with Gasteiger partial charge in [0, 0.05) is 25.3 Å². The SMILES string of the molecule is CCC1CCCC1(CN)N(C)c1cccc(OC)c1. The van der Waals surface area contributed by atoms with E-state index in [1.165, 1.54) is 31.4 Å². The fourth-order valence-corrected chi connectivity index (χ4v) is 3.63. The zero-order chi connectivity index (χ0) is 13.9. The van der Waals surface area contributed by atoms with Gasteiger partial charge in [0.1, 0.15) is 5.75 Å². The fraction of sp³-hybridized carbons (Fsp3) is 0.625. The van der Waals surface area contributed by atoms with Crippen LogP contribution in [0.5, 0.6) is 5.75 Å². The van der Waals surface area contributed by atoms with E-state index < -0.39 is 0 Å². The summed E-state index contributed by atoms with van der Waals surface area (Å²) in [5.41, 5.74) is 7.48. The lowest BCUT2D eigenvalue weighted by Gasteiger charge is -2.44. The van der Waals surface area contributed by atoms with Gasteiger partial charge in [-0.15, -0.1) is 0 Å². The van der Waals surface area contributed by atoms with Crippen LogP contribution in [0.1, 0.15) is 32.6 Å². The van der Waals surface area contributed by atoms with Crippen LogP contribution in [-0.2, 0) is 0 Å². The minimum absolute atomic E-state index is 0.112. The van der Waals surface area contributed by atoms with Crippen molar-refractivity contribution in [2.24, 2.45) is 11.7 Å². The van der Waals surface area contributed by atoms with Crippen molar-refractivity contribution in [3.05, 3.63) is 24.3 Å². The van der Waals surface area contributed by atoms with E-state index in [9.17, 15) is 0 Å². The first-order valence-corrected chi connectivity index (χ1v) is 7.26. The lowest BCUT2D eigenvalue weighted by Crippen LogP contribution is -2.55. The summed E-state index contributed by atoms with van der Waals surface area (Å²) < 4.78 is 5.33. The number of methoxy groups -OCH3 is 1. The summed E-state index contributed by atoms with van der Waals surface area (Å²) in [5, 5.41) is 0. The van der Waals surface area contributed by atoms with Crippen LogP contribution in [0.2, 0.25) is 0 Å². The van der Waals surface area contributed by atoms with E-state index in [2.05, 4.69) is 31.0 Å². The van der Waals surface area contributed by atoms with Crippen LogP contribution in [0.4, 0.5) is 5.69 Å². The number of rotatable bonds is 5. The Morgan fingerprint density at radius 2 is 2.26 bits per heavy atom. The van der Waals surface area contributed by atoms with Crippen molar-refractivity contribution >= 4 is 5.69 Å². The Labute approximate surface area is 116 Å². The summed E-state index contributed by atoms with van der Waals surface area (Å²) >= 11 is 0. The molecule has 1 aliphatic rings. The van der Waals surface area contributed by atoms with E-state index in [0.29, 0.717) is 5.92 Å². The Kier molecular flexibility index (Phi) is 4.35. The van der Waals surface area contributed by atoms with Crippen molar-refractivity contribution in [3.8, 4) is 5.75 Å². The number of benzene rings is 1. The highest BCUT2D eigenvalue weighted by molar-refractivity contribution is 5.53. The molecule has 1 saturated carbocycles. The Hall–Kier alpha value is -1.22. The van der Waals surface area contributed by atoms with E-state index in [0.717, 1.165) is 12.3 Å². The number of anilines is 1. The van der Waals surface area contributed by atoms with Gasteiger partial charge < -0.3 is 15.4 Å². The number of ether oxygens (including phenoxy) is 1. The van der Waals surface area contributed by atoms with Gasteiger partial charge in [-0.3, -0.25) is 0 Å². The molecule has 2 unspecified atom stereocenters. The molecule has 0 aromatic heterocycles. The van der Waals surface area contributed by atoms with Crippen LogP contribution in [0.3, 0.4) is 0 Å². The highest BCUT2D eigenvalue weighted by atomic mass is 16.5. The maximum atomic E-state index is 6.17. The third kappa shape index (κ3) is 2.44. The molecule has 0 spiro atoms. The zero-order valence-corrected chi connectivity index (χ0v) is 12.4. The van der Waals surface area contributed by atoms with Crippen LogP contribution < -0.4 is 15.4 Å². The Morgan fingerprint density at radius 1 is 1.47 bits per heavy atom. The minimum Gasteiger partial charge on any atom is -0.497 e. The molecule has 2 atom stereocenters. The van der Waals surface area contributed by atoms with Gasteiger partial charge in [0.25, 0.3) is 0 Å². The molecule has 1 fully saturated rings. The maximum absolute atomic E-state index is 6.17. The second-order valence-electron chi connectivity index (χ2n) is 5.57. The lowest BCUT2D eigenvalue weighted by atomic mass is 9.83. The molecule has 1 aromatic carbocycles. The molecule has 0 amide bonds. The molecule has 2 rings (SSSR count). The van der Waals surface area contributed by atoms with Gasteiger partial charge in [-0.05, 0) is 30.9 Å². The number of hydrogen-bond acceptors (Lipinski definition) is 3. The largest absolute Gasteiger partial charge is 0.497 e. The second-order valence-corrected chi connectivity index (χ2v) is 5.57. The predicted octanol–water partition coefficient (Wildman–Crippen LogP) is 3.04. The van der Waals surface area contributed by atoms with Crippen LogP contribution in [-0.4, -0.2) is 26.2 Å². The first-order chi connectivity index (χ1) is 9.17. The first-order valence-electron chi connectivity index (χ1n) is 7.26. The van der Waals surface area contributed by atoms with Crippen molar-refractivity contribution < 1.29 is 4.74 Å². The maximum Gasteiger partial charge on any atom is 0.120 e. The van der Waals surface area contributed by atoms with Gasteiger partial charge in [-0.2, -0.15) is 0 Å². The first kappa shape index (κ1) is 14.2. The molecule has 0 heterocycles. The third-order valence-corrected chi connectivity index (χ3v) is 4.88. The standard InChI is InChI=1S/C16H26N2O/c1-4-13-7-6-10-16(13,12-17)18(2)14-8-5-9-15(11-14)19-3/h5,8-9,11,13H,4,6-7,10,12,17H2,1-3H3. The van der Waals surface area contributed by atoms with Crippen LogP contribution in [0.15, 0.2) is 24.3 Å². The molecule has 3 nitrogen and oxygen atoms in total. The molecular weight excluding hydrogens is 236 g/mol. The van der Waals surface area contributed by atoms with Crippen molar-refractivity contribution in [1.82, 2.24) is 0 Å². The number of nitrogens with zero attached hydrogens (tertiary/aromatic N) is 1. The van der Waals surface area contributed by atoms with E-state index in [1.54, 1.807) is 7.11 Å². The molecular formula is C16H26N2O. The molecule has 0 radical (unpaired) electrons. The Balaban J connectivity index is 2.32. The minimum atomic E-state index is 0.112. The molecule has 1 aromatic rings. The summed E-state index contributed by atoms with van der Waals surface area (Å²) in [6.07, 6.45) is 4.97. The smallest absolute Gasteiger partial charge is 0.120 e. The molecule has 0 saturated heterocycles. The van der Waals surface area contributed by atoms with Crippen molar-refractivity contribution in [3.63, 3.8) is 0 Å². The summed E-state index contributed by atoms with van der Waals surface area (Å²) in [7, 11) is 3.89. The topological polar surface area (TPSA) is 38.5 Å². The van der Waals surface area contributed by atoms with Gasteiger partial charge >= 0.3 is 0 Å². The highest BCUT2D eigenvalue weighted by Crippen LogP contribution is 2.43. The summed E-state index contributed by atoms with van der Waals surface area (Å²) in [6, 6.07) is 8.27. The molecule has 0 aliphatic heterocycles. The van der Waals surface area contributed by atoms with E-state index in [-0.39, 0.29) is 5.54 Å². The summed E-state index contributed by atoms with van der Waals surface area (Å²) in [5.74, 6) is 1.59. The van der Waals surface area contributed by atoms with Crippen LogP contribution in [0, 0.1) is 5.92 Å². The van der Waals surface area contributed by atoms with E-state index in [4.69, 9.17) is 10.5 Å². The number of likely N-dealkylation sites (N-methyl/N-ethyl adjacent to an activating group) is 1. The Bertz CT molecular complexity index is 421. The molecule has 3 heteroatoms. The average Bonchev–Trinajstić information content (AvgIpc) is 2.90. The fourth-order valence-electron chi connectivity index (χ4n) is 3.63. The van der Waals surface area contributed by atoms with Gasteiger partial charge in [-0.1, -0.05) is 25.8 Å². The monoisotopic (exact) mass is 262 g/mol. The van der Waals surface area contributed by atoms with Crippen molar-refractivity contribution in [1.29, 1.82) is 0 Å². The highest BCUT2D eigenvalue weighted by Gasteiger charge is 2.44. The van der Waals surface area contributed by atoms with Crippen molar-refractivity contribution in [2.75, 3.05) is 25.6 Å². The van der Waals surface area contributed by atoms with Gasteiger partial charge in [0.15, 0.2) is 0 Å². The van der Waals surface area contributed by atoms with Crippen LogP contribution in [0.25, 0.3) is 0 Å². The van der Waals surface area contributed by atoms with Crippen molar-refractivity contribution in [2.45, 2.75) is 38.1 Å². The number of nitrogens with two attached hydrogens (primary N) is 1. The van der Waals surface area contributed by atoms with E-state index >= 15 is 0 Å². The van der Waals surface area contributed by atoms with Crippen LogP contribution >= 0.6 is 0 Å². The normalized spacial score (nSPS) is 26.4. The van der Waals surface area contributed by atoms with Gasteiger partial charge in [0.2, 0.25) is 0 Å². The quantitative estimate of drug-likeness (QED) is 0.886. The second kappa shape index (κ2) is 5.83. The molecule has 2 N–H and O–H groups in total. The van der Waals surface area contributed by atoms with Gasteiger partial charge in [-0.25, -0.2) is 0 Å². The third-order valence-electron chi connectivity index (χ3n) is 4.88. The predicted molar refractivity (Wildman–Crippen MR) is 80.8 cm³/mol. The molecule has 19 heavy (non-hydrogen) atoms. The summed E-state index contributed by atoms with van der Waals surface area (Å²) in [4.78, 5) is 2.39. The lowest BCUT2D eigenvalue weighted by molar-refractivity contribution is 0.302. The molecule has 106 valence electrons. The van der Waals surface area contributed by atoms with E-state index in [1.807, 2.05) is 12.1 Å². The summed E-state index contributed by atoms with van der Waals surface area (Å²) in [6.45, 7) is 3.00. The number of hydrogen-bond donors (Lipinski definition) is 1. The molecule has 0 bridgehead atoms. The average molecular weight is 262 g/mol.